The second kappa shape index (κ2) is 6.55. The summed E-state index contributed by atoms with van der Waals surface area (Å²) in [4.78, 5) is 14.1. The van der Waals surface area contributed by atoms with Crippen LogP contribution in [0.4, 0.5) is 0 Å². The summed E-state index contributed by atoms with van der Waals surface area (Å²) in [5.41, 5.74) is 1.03. The summed E-state index contributed by atoms with van der Waals surface area (Å²) >= 11 is 0. The summed E-state index contributed by atoms with van der Waals surface area (Å²) in [6, 6.07) is 18.0. The molecule has 23 heavy (non-hydrogen) atoms. The molecule has 2 aromatic rings. The third kappa shape index (κ3) is 3.80. The lowest BCUT2D eigenvalue weighted by Gasteiger charge is -2.21. The number of para-hydroxylation sites is 1. The Morgan fingerprint density at radius 1 is 1.13 bits per heavy atom. The first kappa shape index (κ1) is 15.8. The van der Waals surface area contributed by atoms with Gasteiger partial charge in [-0.25, -0.2) is 0 Å². The van der Waals surface area contributed by atoms with Gasteiger partial charge in [0.2, 0.25) is 0 Å². The maximum absolute atomic E-state index is 11.8. The molecule has 0 N–H and O–H groups in total. The van der Waals surface area contributed by atoms with Gasteiger partial charge < -0.3 is 4.74 Å². The lowest BCUT2D eigenvalue weighted by atomic mass is 9.86. The third-order valence-electron chi connectivity index (χ3n) is 4.69. The zero-order chi connectivity index (χ0) is 16.3. The molecule has 1 saturated heterocycles. The van der Waals surface area contributed by atoms with Crippen LogP contribution in [-0.4, -0.2) is 23.8 Å². The van der Waals surface area contributed by atoms with Crippen molar-refractivity contribution in [2.24, 2.45) is 5.41 Å². The molecule has 2 aromatic carbocycles. The summed E-state index contributed by atoms with van der Waals surface area (Å²) < 4.78 is 5.89. The maximum atomic E-state index is 11.8. The molecule has 3 heteroatoms. The number of ether oxygens (including phenoxy) is 1. The molecule has 1 aliphatic heterocycles. The van der Waals surface area contributed by atoms with Crippen molar-refractivity contribution >= 4 is 5.78 Å². The van der Waals surface area contributed by atoms with E-state index < -0.39 is 0 Å². The first-order valence-electron chi connectivity index (χ1n) is 8.10. The van der Waals surface area contributed by atoms with Crippen LogP contribution >= 0.6 is 0 Å². The largest absolute Gasteiger partial charge is 0.457 e. The summed E-state index contributed by atoms with van der Waals surface area (Å²) in [5, 5.41) is 0. The Morgan fingerprint density at radius 2 is 1.87 bits per heavy atom. The Kier molecular flexibility index (Phi) is 4.49. The van der Waals surface area contributed by atoms with E-state index in [-0.39, 0.29) is 5.41 Å². The molecule has 1 atom stereocenters. The average molecular weight is 309 g/mol. The molecule has 1 unspecified atom stereocenters. The van der Waals surface area contributed by atoms with Crippen LogP contribution in [0.25, 0.3) is 0 Å². The number of likely N-dealkylation sites (tertiary alicyclic amines) is 1. The van der Waals surface area contributed by atoms with Gasteiger partial charge in [0, 0.05) is 18.5 Å². The molecule has 1 aliphatic rings. The molecule has 3 rings (SSSR count). The maximum Gasteiger partial charge on any atom is 0.137 e. The highest BCUT2D eigenvalue weighted by molar-refractivity contribution is 5.82. The highest BCUT2D eigenvalue weighted by atomic mass is 16.5. The van der Waals surface area contributed by atoms with Gasteiger partial charge >= 0.3 is 0 Å². The van der Waals surface area contributed by atoms with Gasteiger partial charge in [-0.3, -0.25) is 9.69 Å². The standard InChI is InChI=1S/C20H23NO2/c1-16(22)20(2)11-12-21(15-20)14-17-7-6-10-19(13-17)23-18-8-4-3-5-9-18/h3-10,13H,11-12,14-15H2,1-2H3. The van der Waals surface area contributed by atoms with E-state index in [1.165, 1.54) is 5.56 Å². The summed E-state index contributed by atoms with van der Waals surface area (Å²) in [6.45, 7) is 6.45. The van der Waals surface area contributed by atoms with Gasteiger partial charge in [0.25, 0.3) is 0 Å². The molecule has 0 bridgehead atoms. The number of carbonyl (C=O) groups is 1. The summed E-state index contributed by atoms with van der Waals surface area (Å²) in [6.07, 6.45) is 0.947. The lowest BCUT2D eigenvalue weighted by molar-refractivity contribution is -0.125. The van der Waals surface area contributed by atoms with Crippen molar-refractivity contribution in [3.8, 4) is 11.5 Å². The molecule has 0 aliphatic carbocycles. The third-order valence-corrected chi connectivity index (χ3v) is 4.69. The highest BCUT2D eigenvalue weighted by Crippen LogP contribution is 2.32. The van der Waals surface area contributed by atoms with Crippen molar-refractivity contribution in [2.75, 3.05) is 13.1 Å². The second-order valence-electron chi connectivity index (χ2n) is 6.64. The SMILES string of the molecule is CC(=O)C1(C)CCN(Cc2cccc(Oc3ccccc3)c2)C1. The van der Waals surface area contributed by atoms with Crippen molar-refractivity contribution < 1.29 is 9.53 Å². The predicted octanol–water partition coefficient (Wildman–Crippen LogP) is 4.28. The minimum atomic E-state index is -0.182. The second-order valence-corrected chi connectivity index (χ2v) is 6.64. The Bertz CT molecular complexity index is 683. The smallest absolute Gasteiger partial charge is 0.137 e. The number of hydrogen-bond donors (Lipinski definition) is 0. The average Bonchev–Trinajstić information content (AvgIpc) is 2.91. The van der Waals surface area contributed by atoms with Crippen molar-refractivity contribution in [3.63, 3.8) is 0 Å². The first-order valence-corrected chi connectivity index (χ1v) is 8.10. The van der Waals surface area contributed by atoms with Crippen molar-refractivity contribution in [1.29, 1.82) is 0 Å². The van der Waals surface area contributed by atoms with E-state index in [2.05, 4.69) is 24.0 Å². The van der Waals surface area contributed by atoms with E-state index in [1.54, 1.807) is 6.92 Å². The van der Waals surface area contributed by atoms with Gasteiger partial charge in [-0.05, 0) is 49.7 Å². The molecule has 0 spiro atoms. The Morgan fingerprint density at radius 3 is 2.57 bits per heavy atom. The predicted molar refractivity (Wildman–Crippen MR) is 91.6 cm³/mol. The van der Waals surface area contributed by atoms with Gasteiger partial charge in [-0.1, -0.05) is 37.3 Å². The van der Waals surface area contributed by atoms with Crippen molar-refractivity contribution in [3.05, 3.63) is 60.2 Å². The molecular weight excluding hydrogens is 286 g/mol. The quantitative estimate of drug-likeness (QED) is 0.825. The number of benzene rings is 2. The number of Topliss-reactive ketones (excluding diaryl/α,β-unsaturated/α-hetero) is 1. The van der Waals surface area contributed by atoms with Crippen LogP contribution in [-0.2, 0) is 11.3 Å². The molecule has 1 heterocycles. The van der Waals surface area contributed by atoms with Crippen LogP contribution in [0.2, 0.25) is 0 Å². The fourth-order valence-corrected chi connectivity index (χ4v) is 3.07. The molecular formula is C20H23NO2. The fourth-order valence-electron chi connectivity index (χ4n) is 3.07. The number of carbonyl (C=O) groups excluding carboxylic acids is 1. The molecule has 1 fully saturated rings. The minimum absolute atomic E-state index is 0.182. The van der Waals surface area contributed by atoms with E-state index >= 15 is 0 Å². The van der Waals surface area contributed by atoms with E-state index in [1.807, 2.05) is 42.5 Å². The lowest BCUT2D eigenvalue weighted by Crippen LogP contribution is -2.30. The normalized spacial score (nSPS) is 21.3. The molecule has 120 valence electrons. The van der Waals surface area contributed by atoms with Crippen LogP contribution in [0.1, 0.15) is 25.8 Å². The highest BCUT2D eigenvalue weighted by Gasteiger charge is 2.37. The summed E-state index contributed by atoms with van der Waals surface area (Å²) in [5.74, 6) is 1.98. The van der Waals surface area contributed by atoms with Crippen LogP contribution in [0.15, 0.2) is 54.6 Å². The number of hydrogen-bond acceptors (Lipinski definition) is 3. The number of nitrogens with zero attached hydrogens (tertiary/aromatic N) is 1. The van der Waals surface area contributed by atoms with Crippen molar-refractivity contribution in [1.82, 2.24) is 4.90 Å². The van der Waals surface area contributed by atoms with Gasteiger partial charge in [0.15, 0.2) is 0 Å². The molecule has 0 amide bonds. The first-order chi connectivity index (χ1) is 11.0. The Labute approximate surface area is 137 Å². The van der Waals surface area contributed by atoms with E-state index in [4.69, 9.17) is 4.74 Å². The summed E-state index contributed by atoms with van der Waals surface area (Å²) in [7, 11) is 0. The zero-order valence-electron chi connectivity index (χ0n) is 13.8. The fraction of sp³-hybridized carbons (Fsp3) is 0.350. The van der Waals surface area contributed by atoms with Crippen molar-refractivity contribution in [2.45, 2.75) is 26.8 Å². The van der Waals surface area contributed by atoms with Gasteiger partial charge in [-0.15, -0.1) is 0 Å². The van der Waals surface area contributed by atoms with Gasteiger partial charge in [-0.2, -0.15) is 0 Å². The number of ketones is 1. The molecule has 0 radical (unpaired) electrons. The van der Waals surface area contributed by atoms with E-state index in [0.717, 1.165) is 37.6 Å². The van der Waals surface area contributed by atoms with E-state index in [9.17, 15) is 4.79 Å². The topological polar surface area (TPSA) is 29.5 Å². The molecule has 3 nitrogen and oxygen atoms in total. The van der Waals surface area contributed by atoms with Crippen LogP contribution in [0.5, 0.6) is 11.5 Å². The minimum Gasteiger partial charge on any atom is -0.457 e. The number of rotatable bonds is 5. The van der Waals surface area contributed by atoms with Crippen LogP contribution in [0, 0.1) is 5.41 Å². The van der Waals surface area contributed by atoms with Crippen LogP contribution < -0.4 is 4.74 Å². The molecule has 0 aromatic heterocycles. The van der Waals surface area contributed by atoms with E-state index in [0.29, 0.717) is 5.78 Å². The monoisotopic (exact) mass is 309 g/mol. The Balaban J connectivity index is 1.66. The van der Waals surface area contributed by atoms with Gasteiger partial charge in [0.05, 0.1) is 0 Å². The van der Waals surface area contributed by atoms with Gasteiger partial charge in [0.1, 0.15) is 17.3 Å². The molecule has 0 saturated carbocycles. The zero-order valence-corrected chi connectivity index (χ0v) is 13.8. The Hall–Kier alpha value is -2.13. The van der Waals surface area contributed by atoms with Crippen LogP contribution in [0.3, 0.4) is 0 Å².